The van der Waals surface area contributed by atoms with Crippen LogP contribution >= 0.6 is 7.14 Å². The lowest BCUT2D eigenvalue weighted by atomic mass is 9.92. The molecular weight excluding hydrogens is 802 g/mol. The summed E-state index contributed by atoms with van der Waals surface area (Å²) < 4.78 is 28.0. The minimum Gasteiger partial charge on any atom is -0.456 e. The van der Waals surface area contributed by atoms with E-state index in [1.54, 1.807) is 0 Å². The highest BCUT2D eigenvalue weighted by Crippen LogP contribution is 2.43. The molecule has 0 amide bonds. The number of hydrogen-bond acceptors (Lipinski definition) is 4. The van der Waals surface area contributed by atoms with Gasteiger partial charge in [-0.3, -0.25) is 0 Å². The van der Waals surface area contributed by atoms with Crippen LogP contribution in [0.4, 0.5) is 0 Å². The number of hydrogen-bond donors (Lipinski definition) is 0. The third-order valence-corrected chi connectivity index (χ3v) is 15.9. The molecule has 64 heavy (non-hydrogen) atoms. The summed E-state index contributed by atoms with van der Waals surface area (Å²) in [5.41, 5.74) is 10.0. The molecule has 300 valence electrons. The maximum atomic E-state index is 15.2. The van der Waals surface area contributed by atoms with Crippen molar-refractivity contribution in [2.45, 2.75) is 0 Å². The Morgan fingerprint density at radius 2 is 0.656 bits per heavy atom. The first-order valence-electron chi connectivity index (χ1n) is 21.5. The lowest BCUT2D eigenvalue weighted by molar-refractivity contribution is 0.592. The first-order valence-corrected chi connectivity index (χ1v) is 23.2. The fourth-order valence-electron chi connectivity index (χ4n) is 9.79. The van der Waals surface area contributed by atoms with Crippen LogP contribution in [-0.4, -0.2) is 4.98 Å². The van der Waals surface area contributed by atoms with E-state index >= 15 is 4.57 Å². The monoisotopic (exact) mass is 837 g/mol. The maximum Gasteiger partial charge on any atom is 0.188 e. The summed E-state index contributed by atoms with van der Waals surface area (Å²) in [6.07, 6.45) is 0. The third kappa shape index (κ3) is 5.70. The summed E-state index contributed by atoms with van der Waals surface area (Å²) in [6.45, 7) is 0. The van der Waals surface area contributed by atoms with Crippen molar-refractivity contribution in [3.05, 3.63) is 218 Å². The van der Waals surface area contributed by atoms with Gasteiger partial charge >= 0.3 is 0 Å². The quantitative estimate of drug-likeness (QED) is 0.124. The van der Waals surface area contributed by atoms with Crippen molar-refractivity contribution in [2.24, 2.45) is 0 Å². The van der Waals surface area contributed by atoms with Crippen LogP contribution in [0.5, 0.6) is 0 Å². The van der Waals surface area contributed by atoms with Crippen LogP contribution in [0.3, 0.4) is 0 Å². The van der Waals surface area contributed by atoms with Crippen LogP contribution in [0.1, 0.15) is 0 Å². The zero-order chi connectivity index (χ0) is 42.4. The summed E-state index contributed by atoms with van der Waals surface area (Å²) in [5, 5.41) is 13.3. The zero-order valence-electron chi connectivity index (χ0n) is 34.4. The molecule has 0 unspecified atom stereocenters. The molecule has 0 aliphatic carbocycles. The van der Waals surface area contributed by atoms with E-state index in [1.807, 2.05) is 91.0 Å². The lowest BCUT2D eigenvalue weighted by Gasteiger charge is -2.19. The molecule has 4 nitrogen and oxygen atoms in total. The summed E-state index contributed by atoms with van der Waals surface area (Å²) >= 11 is 0. The van der Waals surface area contributed by atoms with Gasteiger partial charge in [0.15, 0.2) is 7.14 Å². The molecule has 0 aliphatic heterocycles. The molecule has 0 spiro atoms. The van der Waals surface area contributed by atoms with E-state index in [2.05, 4.69) is 127 Å². The van der Waals surface area contributed by atoms with Crippen molar-refractivity contribution < 1.29 is 13.4 Å². The van der Waals surface area contributed by atoms with Crippen LogP contribution in [0.15, 0.2) is 227 Å². The van der Waals surface area contributed by atoms with E-state index in [-0.39, 0.29) is 0 Å². The molecule has 13 aromatic rings. The lowest BCUT2D eigenvalue weighted by Crippen LogP contribution is -2.27. The maximum absolute atomic E-state index is 15.2. The van der Waals surface area contributed by atoms with E-state index in [4.69, 9.17) is 13.8 Å². The summed E-state index contributed by atoms with van der Waals surface area (Å²) in [7, 11) is -3.25. The second-order valence-electron chi connectivity index (χ2n) is 16.6. The number of furan rings is 2. The van der Waals surface area contributed by atoms with Gasteiger partial charge in [0.1, 0.15) is 27.8 Å². The number of aromatic nitrogens is 1. The average Bonchev–Trinajstić information content (AvgIpc) is 3.93. The molecule has 0 aliphatic rings. The van der Waals surface area contributed by atoms with Crippen molar-refractivity contribution in [1.82, 2.24) is 4.98 Å². The van der Waals surface area contributed by atoms with E-state index in [0.29, 0.717) is 5.44 Å². The van der Waals surface area contributed by atoms with Gasteiger partial charge in [-0.05, 0) is 127 Å². The second-order valence-corrected chi connectivity index (χ2v) is 19.3. The number of rotatable bonds is 6. The van der Waals surface area contributed by atoms with Crippen LogP contribution in [0, 0.1) is 0 Å². The molecule has 13 rings (SSSR count). The topological polar surface area (TPSA) is 56.2 Å². The van der Waals surface area contributed by atoms with Crippen LogP contribution in [0.2, 0.25) is 0 Å². The normalized spacial score (nSPS) is 12.1. The highest BCUT2D eigenvalue weighted by Gasteiger charge is 2.31. The van der Waals surface area contributed by atoms with E-state index < -0.39 is 7.14 Å². The van der Waals surface area contributed by atoms with Gasteiger partial charge in [-0.25, -0.2) is 4.98 Å². The number of benzene rings is 10. The van der Waals surface area contributed by atoms with Crippen LogP contribution < -0.4 is 16.0 Å². The molecule has 3 heterocycles. The Labute approximate surface area is 368 Å². The molecule has 0 bridgehead atoms. The van der Waals surface area contributed by atoms with E-state index in [9.17, 15) is 0 Å². The standard InChI is InChI=1S/C59H36NO3P/c61-64(42-12-3-1-4-13-42,43-14-5-2-6-15-43)59-21-11-20-54(60-59)41-26-31-58-53(36-41)52-35-40(25-30-57(52)63-58)39-24-29-56-51(34-39)50-33-38(23-28-55(50)62-56)37-22-27-48-46-18-8-7-16-44(46)45-17-9-10-19-47(45)49(48)32-37/h1-36H. The predicted octanol–water partition coefficient (Wildman–Crippen LogP) is 15.0. The smallest absolute Gasteiger partial charge is 0.188 e. The van der Waals surface area contributed by atoms with Crippen LogP contribution in [0.25, 0.3) is 110 Å². The fourth-order valence-corrected chi connectivity index (χ4v) is 12.3. The van der Waals surface area contributed by atoms with Gasteiger partial charge in [0.05, 0.1) is 5.69 Å². The van der Waals surface area contributed by atoms with E-state index in [0.717, 1.165) is 82.4 Å². The number of nitrogens with zero attached hydrogens (tertiary/aromatic N) is 1. The summed E-state index contributed by atoms with van der Waals surface area (Å²) in [4.78, 5) is 5.11. The van der Waals surface area contributed by atoms with Gasteiger partial charge in [0.25, 0.3) is 0 Å². The Hall–Kier alpha value is -8.04. The number of fused-ring (bicyclic) bond motifs is 12. The Kier molecular flexibility index (Phi) is 8.15. The van der Waals surface area contributed by atoms with Crippen molar-refractivity contribution in [2.75, 3.05) is 0 Å². The van der Waals surface area contributed by atoms with Crippen molar-refractivity contribution in [1.29, 1.82) is 0 Å². The molecular formula is C59H36NO3P. The first-order chi connectivity index (χ1) is 31.6. The Morgan fingerprint density at radius 3 is 1.12 bits per heavy atom. The molecule has 0 N–H and O–H groups in total. The van der Waals surface area contributed by atoms with Crippen molar-refractivity contribution >= 4 is 99.4 Å². The summed E-state index contributed by atoms with van der Waals surface area (Å²) in [5.74, 6) is 0. The third-order valence-electron chi connectivity index (χ3n) is 12.9. The molecule has 0 atom stereocenters. The average molecular weight is 838 g/mol. The first kappa shape index (κ1) is 36.6. The molecule has 3 aromatic heterocycles. The molecule has 0 radical (unpaired) electrons. The Bertz CT molecular complexity index is 3980. The minimum absolute atomic E-state index is 0.552. The molecule has 0 saturated heterocycles. The molecule has 10 aromatic carbocycles. The minimum atomic E-state index is -3.25. The largest absolute Gasteiger partial charge is 0.456 e. The second kappa shape index (κ2) is 14.3. The van der Waals surface area contributed by atoms with Gasteiger partial charge in [0.2, 0.25) is 0 Å². The number of pyridine rings is 1. The van der Waals surface area contributed by atoms with Gasteiger partial charge in [0, 0.05) is 37.7 Å². The van der Waals surface area contributed by atoms with Crippen LogP contribution in [-0.2, 0) is 4.57 Å². The Morgan fingerprint density at radius 1 is 0.297 bits per heavy atom. The molecule has 5 heteroatoms. The highest BCUT2D eigenvalue weighted by atomic mass is 31.2. The van der Waals surface area contributed by atoms with Crippen molar-refractivity contribution in [3.8, 4) is 33.5 Å². The molecule has 0 fully saturated rings. The predicted molar refractivity (Wildman–Crippen MR) is 267 cm³/mol. The van der Waals surface area contributed by atoms with Gasteiger partial charge in [-0.15, -0.1) is 0 Å². The van der Waals surface area contributed by atoms with Gasteiger partial charge in [-0.1, -0.05) is 146 Å². The van der Waals surface area contributed by atoms with Crippen molar-refractivity contribution in [3.63, 3.8) is 0 Å². The SMILES string of the molecule is O=P(c1ccccc1)(c1ccccc1)c1cccc(-c2ccc3oc4ccc(-c5ccc6oc7ccc(-c8ccc9c%10ccccc%10c%10ccccc%10c9c8)cc7c6c5)cc4c3c2)n1. The van der Waals surface area contributed by atoms with E-state index in [1.165, 1.54) is 37.9 Å². The highest BCUT2D eigenvalue weighted by molar-refractivity contribution is 7.85. The van der Waals surface area contributed by atoms with Gasteiger partial charge < -0.3 is 13.4 Å². The fraction of sp³-hybridized carbons (Fsp3) is 0. The Balaban J connectivity index is 0.888. The van der Waals surface area contributed by atoms with Gasteiger partial charge in [-0.2, -0.15) is 0 Å². The summed E-state index contributed by atoms with van der Waals surface area (Å²) in [6, 6.07) is 75.0. The molecule has 0 saturated carbocycles. The zero-order valence-corrected chi connectivity index (χ0v) is 35.3.